The van der Waals surface area contributed by atoms with Crippen LogP contribution in [0.25, 0.3) is 0 Å². The molecule has 1 amide bonds. The van der Waals surface area contributed by atoms with Gasteiger partial charge in [0, 0.05) is 25.5 Å². The summed E-state index contributed by atoms with van der Waals surface area (Å²) in [5.41, 5.74) is 5.56. The molecule has 0 bridgehead atoms. The van der Waals surface area contributed by atoms with E-state index in [1.54, 1.807) is 0 Å². The molecule has 1 heterocycles. The van der Waals surface area contributed by atoms with Gasteiger partial charge in [0.05, 0.1) is 12.1 Å². The standard InChI is InChI=1S/C11H18N2O2/c1-3-4-10(12)11(14)13-7-9-5-6-15-8(9)2/h1,8-10H,4-7,12H2,2H3,(H,13,14). The summed E-state index contributed by atoms with van der Waals surface area (Å²) in [7, 11) is 0. The Hall–Kier alpha value is -1.05. The summed E-state index contributed by atoms with van der Waals surface area (Å²) in [4.78, 5) is 11.4. The van der Waals surface area contributed by atoms with Gasteiger partial charge in [0.15, 0.2) is 0 Å². The second kappa shape index (κ2) is 5.74. The minimum absolute atomic E-state index is 0.174. The fourth-order valence-corrected chi connectivity index (χ4v) is 1.63. The Morgan fingerprint density at radius 1 is 1.80 bits per heavy atom. The molecule has 4 heteroatoms. The number of nitrogens with two attached hydrogens (primary N) is 1. The van der Waals surface area contributed by atoms with Gasteiger partial charge in [-0.05, 0) is 13.3 Å². The number of hydrogen-bond acceptors (Lipinski definition) is 3. The Morgan fingerprint density at radius 3 is 3.07 bits per heavy atom. The second-order valence-corrected chi connectivity index (χ2v) is 3.88. The summed E-state index contributed by atoms with van der Waals surface area (Å²) >= 11 is 0. The third kappa shape index (κ3) is 3.54. The van der Waals surface area contributed by atoms with Gasteiger partial charge >= 0.3 is 0 Å². The topological polar surface area (TPSA) is 64.4 Å². The highest BCUT2D eigenvalue weighted by Gasteiger charge is 2.25. The van der Waals surface area contributed by atoms with Crippen LogP contribution in [0.5, 0.6) is 0 Å². The molecular formula is C11H18N2O2. The van der Waals surface area contributed by atoms with Gasteiger partial charge in [-0.25, -0.2) is 0 Å². The lowest BCUT2D eigenvalue weighted by atomic mass is 10.0. The largest absolute Gasteiger partial charge is 0.378 e. The summed E-state index contributed by atoms with van der Waals surface area (Å²) in [5, 5.41) is 2.80. The first kappa shape index (κ1) is 12.0. The van der Waals surface area contributed by atoms with E-state index in [9.17, 15) is 4.79 Å². The van der Waals surface area contributed by atoms with Crippen molar-refractivity contribution < 1.29 is 9.53 Å². The van der Waals surface area contributed by atoms with Crippen LogP contribution in [0.15, 0.2) is 0 Å². The Morgan fingerprint density at radius 2 is 2.53 bits per heavy atom. The van der Waals surface area contributed by atoms with E-state index in [2.05, 4.69) is 11.2 Å². The van der Waals surface area contributed by atoms with Crippen molar-refractivity contribution in [2.75, 3.05) is 13.2 Å². The average Bonchev–Trinajstić information content (AvgIpc) is 2.61. The lowest BCUT2D eigenvalue weighted by Gasteiger charge is -2.16. The summed E-state index contributed by atoms with van der Waals surface area (Å²) in [6.45, 7) is 3.42. The zero-order chi connectivity index (χ0) is 11.3. The van der Waals surface area contributed by atoms with Gasteiger partial charge in [-0.3, -0.25) is 4.79 Å². The van der Waals surface area contributed by atoms with E-state index in [0.717, 1.165) is 13.0 Å². The van der Waals surface area contributed by atoms with Crippen LogP contribution in [0.3, 0.4) is 0 Å². The van der Waals surface area contributed by atoms with Crippen LogP contribution >= 0.6 is 0 Å². The average molecular weight is 210 g/mol. The highest BCUT2D eigenvalue weighted by Crippen LogP contribution is 2.19. The molecule has 1 rings (SSSR count). The first-order valence-corrected chi connectivity index (χ1v) is 5.23. The van der Waals surface area contributed by atoms with Crippen molar-refractivity contribution in [3.63, 3.8) is 0 Å². The minimum Gasteiger partial charge on any atom is -0.378 e. The number of terminal acetylenes is 1. The number of nitrogens with one attached hydrogen (secondary N) is 1. The summed E-state index contributed by atoms with van der Waals surface area (Å²) in [6, 6.07) is -0.590. The predicted molar refractivity (Wildman–Crippen MR) is 58.0 cm³/mol. The molecule has 1 aliphatic heterocycles. The summed E-state index contributed by atoms with van der Waals surface area (Å²) in [6.07, 6.45) is 6.57. The van der Waals surface area contributed by atoms with Crippen molar-refractivity contribution in [2.45, 2.75) is 31.9 Å². The van der Waals surface area contributed by atoms with Crippen LogP contribution in [0.1, 0.15) is 19.8 Å². The van der Waals surface area contributed by atoms with Gasteiger partial charge in [-0.1, -0.05) is 0 Å². The van der Waals surface area contributed by atoms with Crippen LogP contribution in [-0.2, 0) is 9.53 Å². The highest BCUT2D eigenvalue weighted by atomic mass is 16.5. The van der Waals surface area contributed by atoms with Gasteiger partial charge in [-0.15, -0.1) is 12.3 Å². The number of amides is 1. The molecule has 3 atom stereocenters. The zero-order valence-electron chi connectivity index (χ0n) is 9.03. The van der Waals surface area contributed by atoms with Gasteiger partial charge in [0.25, 0.3) is 0 Å². The van der Waals surface area contributed by atoms with E-state index in [0.29, 0.717) is 12.5 Å². The molecule has 1 fully saturated rings. The monoisotopic (exact) mass is 210 g/mol. The molecule has 0 aliphatic carbocycles. The maximum Gasteiger partial charge on any atom is 0.237 e. The van der Waals surface area contributed by atoms with Crippen LogP contribution in [-0.4, -0.2) is 31.2 Å². The van der Waals surface area contributed by atoms with Crippen molar-refractivity contribution >= 4 is 5.91 Å². The fourth-order valence-electron chi connectivity index (χ4n) is 1.63. The maximum absolute atomic E-state index is 11.4. The summed E-state index contributed by atoms with van der Waals surface area (Å²) < 4.78 is 5.39. The number of ether oxygens (including phenoxy) is 1. The van der Waals surface area contributed by atoms with Gasteiger partial charge < -0.3 is 15.8 Å². The third-order valence-electron chi connectivity index (χ3n) is 2.75. The quantitative estimate of drug-likeness (QED) is 0.636. The Balaban J connectivity index is 2.25. The van der Waals surface area contributed by atoms with Crippen molar-refractivity contribution in [1.29, 1.82) is 0 Å². The van der Waals surface area contributed by atoms with Crippen molar-refractivity contribution in [1.82, 2.24) is 5.32 Å². The van der Waals surface area contributed by atoms with E-state index < -0.39 is 6.04 Å². The van der Waals surface area contributed by atoms with Crippen LogP contribution < -0.4 is 11.1 Å². The zero-order valence-corrected chi connectivity index (χ0v) is 9.03. The molecule has 1 aliphatic rings. The molecule has 0 aromatic rings. The molecule has 3 unspecified atom stereocenters. The Bertz CT molecular complexity index is 260. The van der Waals surface area contributed by atoms with Gasteiger partial charge in [0.1, 0.15) is 0 Å². The molecule has 0 aromatic carbocycles. The molecule has 1 saturated heterocycles. The molecule has 0 aromatic heterocycles. The lowest BCUT2D eigenvalue weighted by molar-refractivity contribution is -0.122. The normalized spacial score (nSPS) is 27.0. The molecule has 0 radical (unpaired) electrons. The number of rotatable bonds is 4. The highest BCUT2D eigenvalue weighted by molar-refractivity contribution is 5.81. The Kier molecular flexibility index (Phi) is 4.60. The SMILES string of the molecule is C#CCC(N)C(=O)NCC1CCOC1C. The number of carbonyl (C=O) groups excluding carboxylic acids is 1. The molecular weight excluding hydrogens is 192 g/mol. The molecule has 3 N–H and O–H groups in total. The molecule has 0 saturated carbocycles. The first-order valence-electron chi connectivity index (χ1n) is 5.23. The lowest BCUT2D eigenvalue weighted by Crippen LogP contribution is -2.42. The number of hydrogen-bond donors (Lipinski definition) is 2. The Labute approximate surface area is 90.5 Å². The minimum atomic E-state index is -0.590. The maximum atomic E-state index is 11.4. The fraction of sp³-hybridized carbons (Fsp3) is 0.727. The van der Waals surface area contributed by atoms with E-state index in [-0.39, 0.29) is 18.4 Å². The van der Waals surface area contributed by atoms with E-state index in [1.807, 2.05) is 6.92 Å². The van der Waals surface area contributed by atoms with Gasteiger partial charge in [0.2, 0.25) is 5.91 Å². The molecule has 0 spiro atoms. The summed E-state index contributed by atoms with van der Waals surface area (Å²) in [5.74, 6) is 2.60. The van der Waals surface area contributed by atoms with Crippen molar-refractivity contribution in [2.24, 2.45) is 11.7 Å². The van der Waals surface area contributed by atoms with E-state index in [4.69, 9.17) is 16.9 Å². The van der Waals surface area contributed by atoms with Crippen LogP contribution in [0, 0.1) is 18.3 Å². The van der Waals surface area contributed by atoms with Crippen molar-refractivity contribution in [3.05, 3.63) is 0 Å². The molecule has 15 heavy (non-hydrogen) atoms. The second-order valence-electron chi connectivity index (χ2n) is 3.88. The third-order valence-corrected chi connectivity index (χ3v) is 2.75. The predicted octanol–water partition coefficient (Wildman–Crippen LogP) is -0.122. The molecule has 4 nitrogen and oxygen atoms in total. The smallest absolute Gasteiger partial charge is 0.237 e. The number of carbonyl (C=O) groups is 1. The van der Waals surface area contributed by atoms with E-state index >= 15 is 0 Å². The first-order chi connectivity index (χ1) is 7.15. The van der Waals surface area contributed by atoms with Gasteiger partial charge in [-0.2, -0.15) is 0 Å². The van der Waals surface area contributed by atoms with Crippen LogP contribution in [0.2, 0.25) is 0 Å². The van der Waals surface area contributed by atoms with Crippen molar-refractivity contribution in [3.8, 4) is 12.3 Å². The molecule has 84 valence electrons. The van der Waals surface area contributed by atoms with Crippen LogP contribution in [0.4, 0.5) is 0 Å². The van der Waals surface area contributed by atoms with E-state index in [1.165, 1.54) is 0 Å².